The van der Waals surface area contributed by atoms with Crippen molar-refractivity contribution >= 4 is 7.60 Å². The highest BCUT2D eigenvalue weighted by atomic mass is 31.2. The summed E-state index contributed by atoms with van der Waals surface area (Å²) in [6.07, 6.45) is 14.1. The first-order chi connectivity index (χ1) is 10.3. The fourth-order valence-electron chi connectivity index (χ4n) is 2.84. The Morgan fingerprint density at radius 1 is 0.727 bits per heavy atom. The number of rotatable bonds is 15. The molecule has 0 atom stereocenters. The van der Waals surface area contributed by atoms with Crippen LogP contribution < -0.4 is 0 Å². The zero-order valence-corrected chi connectivity index (χ0v) is 16.0. The maximum Gasteiger partial charge on any atom is 0.325 e. The van der Waals surface area contributed by atoms with E-state index in [0.717, 1.165) is 17.6 Å². The molecule has 0 aliphatic carbocycles. The van der Waals surface area contributed by atoms with E-state index < -0.39 is 7.60 Å². The van der Waals surface area contributed by atoms with Crippen LogP contribution in [0.15, 0.2) is 0 Å². The van der Waals surface area contributed by atoms with E-state index in [1.807, 2.05) is 0 Å². The predicted molar refractivity (Wildman–Crippen MR) is 95.2 cm³/mol. The van der Waals surface area contributed by atoms with E-state index in [-0.39, 0.29) is 6.16 Å². The minimum absolute atomic E-state index is 0.0205. The number of nitrogens with zero attached hydrogens (tertiary/aromatic N) is 1. The van der Waals surface area contributed by atoms with Gasteiger partial charge in [0.1, 0.15) is 0 Å². The van der Waals surface area contributed by atoms with Crippen molar-refractivity contribution in [2.75, 3.05) is 33.3 Å². The van der Waals surface area contributed by atoms with Crippen molar-refractivity contribution in [3.8, 4) is 0 Å². The zero-order chi connectivity index (χ0) is 16.9. The third kappa shape index (κ3) is 16.5. The Morgan fingerprint density at radius 3 is 1.59 bits per heavy atom. The highest BCUT2D eigenvalue weighted by Crippen LogP contribution is 2.35. The molecule has 0 aliphatic rings. The molecule has 0 aliphatic heterocycles. The van der Waals surface area contributed by atoms with Gasteiger partial charge < -0.3 is 14.3 Å². The molecular weight excluding hydrogens is 297 g/mol. The molecule has 0 saturated heterocycles. The van der Waals surface area contributed by atoms with E-state index in [0.29, 0.717) is 6.42 Å². The van der Waals surface area contributed by atoms with Crippen molar-refractivity contribution in [2.45, 2.75) is 77.6 Å². The van der Waals surface area contributed by atoms with E-state index in [1.165, 1.54) is 64.2 Å². The van der Waals surface area contributed by atoms with E-state index in [2.05, 4.69) is 21.0 Å². The summed E-state index contributed by atoms with van der Waals surface area (Å²) in [5, 5.41) is 0. The molecule has 4 nitrogen and oxygen atoms in total. The van der Waals surface area contributed by atoms with Crippen molar-refractivity contribution in [1.82, 2.24) is 0 Å². The van der Waals surface area contributed by atoms with Gasteiger partial charge in [-0.2, -0.15) is 0 Å². The van der Waals surface area contributed by atoms with Crippen LogP contribution >= 0.6 is 7.60 Å². The largest absolute Gasteiger partial charge is 0.328 e. The van der Waals surface area contributed by atoms with Crippen molar-refractivity contribution < 1.29 is 18.8 Å². The van der Waals surface area contributed by atoms with E-state index in [9.17, 15) is 4.57 Å². The lowest BCUT2D eigenvalue weighted by Crippen LogP contribution is -2.41. The molecular formula is C17H39NO3P+. The van der Waals surface area contributed by atoms with Crippen LogP contribution in [-0.4, -0.2) is 47.6 Å². The normalized spacial score (nSPS) is 12.8. The fraction of sp³-hybridized carbons (Fsp3) is 1.00. The van der Waals surface area contributed by atoms with Gasteiger partial charge in [0.15, 0.2) is 0 Å². The molecule has 0 heterocycles. The van der Waals surface area contributed by atoms with Gasteiger partial charge in [-0.15, -0.1) is 0 Å². The summed E-state index contributed by atoms with van der Waals surface area (Å²) in [6, 6.07) is 0. The average molecular weight is 336 g/mol. The van der Waals surface area contributed by atoms with Crippen molar-refractivity contribution in [1.29, 1.82) is 0 Å². The first-order valence-corrected chi connectivity index (χ1v) is 10.9. The van der Waals surface area contributed by atoms with Crippen molar-refractivity contribution in [2.24, 2.45) is 0 Å². The molecule has 0 aromatic heterocycles. The molecule has 0 rings (SSSR count). The summed E-state index contributed by atoms with van der Waals surface area (Å²) in [7, 11) is 0.504. The second kappa shape index (κ2) is 12.5. The van der Waals surface area contributed by atoms with Gasteiger partial charge in [-0.05, 0) is 12.8 Å². The third-order valence-corrected chi connectivity index (χ3v) is 5.23. The molecule has 0 saturated carbocycles. The molecule has 0 aromatic rings. The van der Waals surface area contributed by atoms with Crippen LogP contribution in [0.1, 0.15) is 77.6 Å². The predicted octanol–water partition coefficient (Wildman–Crippen LogP) is 4.55. The smallest absolute Gasteiger partial charge is 0.325 e. The van der Waals surface area contributed by atoms with Gasteiger partial charge in [0, 0.05) is 6.42 Å². The molecule has 22 heavy (non-hydrogen) atoms. The minimum atomic E-state index is -3.82. The fourth-order valence-corrected chi connectivity index (χ4v) is 3.40. The lowest BCUT2D eigenvalue weighted by atomic mass is 10.1. The molecule has 0 radical (unpaired) electrons. The standard InChI is InChI=1S/C17H38NO3P/c1-4-5-6-7-8-9-10-11-12-13-15-18(2,3)16-14-17-22(19,20)21/h4-17H2,1-3H3,(H-,19,20,21)/p+1. The molecule has 0 aromatic carbocycles. The molecule has 0 fully saturated rings. The second-order valence-electron chi connectivity index (χ2n) is 7.31. The van der Waals surface area contributed by atoms with Crippen LogP contribution in [0, 0.1) is 0 Å². The van der Waals surface area contributed by atoms with Gasteiger partial charge in [-0.1, -0.05) is 58.3 Å². The summed E-state index contributed by atoms with van der Waals surface area (Å²) in [5.41, 5.74) is 0. The van der Waals surface area contributed by atoms with E-state index >= 15 is 0 Å². The van der Waals surface area contributed by atoms with Crippen LogP contribution in [0.25, 0.3) is 0 Å². The molecule has 0 amide bonds. The molecule has 5 heteroatoms. The molecule has 134 valence electrons. The average Bonchev–Trinajstić information content (AvgIpc) is 2.39. The Morgan fingerprint density at radius 2 is 1.14 bits per heavy atom. The minimum Gasteiger partial charge on any atom is -0.328 e. The maximum absolute atomic E-state index is 10.8. The highest BCUT2D eigenvalue weighted by molar-refractivity contribution is 7.51. The van der Waals surface area contributed by atoms with E-state index in [1.54, 1.807) is 0 Å². The first-order valence-electron chi connectivity index (χ1n) is 9.13. The lowest BCUT2D eigenvalue weighted by Gasteiger charge is -2.30. The topological polar surface area (TPSA) is 57.5 Å². The molecule has 0 spiro atoms. The Hall–Kier alpha value is 0.110. The maximum atomic E-state index is 10.8. The van der Waals surface area contributed by atoms with Crippen LogP contribution in [0.4, 0.5) is 0 Å². The van der Waals surface area contributed by atoms with Gasteiger partial charge in [-0.3, -0.25) is 4.57 Å². The summed E-state index contributed by atoms with van der Waals surface area (Å²) in [4.78, 5) is 17.8. The first kappa shape index (κ1) is 22.1. The summed E-state index contributed by atoms with van der Waals surface area (Å²) in [6.45, 7) is 4.21. The van der Waals surface area contributed by atoms with Crippen LogP contribution in [0.2, 0.25) is 0 Å². The second-order valence-corrected chi connectivity index (χ2v) is 9.08. The van der Waals surface area contributed by atoms with E-state index in [4.69, 9.17) is 9.79 Å². The Balaban J connectivity index is 3.43. The number of hydrogen-bond donors (Lipinski definition) is 2. The number of unbranched alkanes of at least 4 members (excludes halogenated alkanes) is 9. The van der Waals surface area contributed by atoms with Gasteiger partial charge in [0.05, 0.1) is 33.3 Å². The quantitative estimate of drug-likeness (QED) is 0.262. The van der Waals surface area contributed by atoms with Gasteiger partial charge in [0.25, 0.3) is 0 Å². The highest BCUT2D eigenvalue weighted by Gasteiger charge is 2.18. The summed E-state index contributed by atoms with van der Waals surface area (Å²) < 4.78 is 11.7. The van der Waals surface area contributed by atoms with Gasteiger partial charge >= 0.3 is 7.60 Å². The van der Waals surface area contributed by atoms with Crippen LogP contribution in [-0.2, 0) is 4.57 Å². The molecule has 0 unspecified atom stereocenters. The van der Waals surface area contributed by atoms with Crippen molar-refractivity contribution in [3.05, 3.63) is 0 Å². The Labute approximate surface area is 138 Å². The SMILES string of the molecule is CCCCCCCCCCCC[N+](C)(C)CCCP(=O)(O)O. The molecule has 2 N–H and O–H groups in total. The summed E-state index contributed by atoms with van der Waals surface area (Å²) in [5.74, 6) is 0. The Kier molecular flexibility index (Phi) is 12.6. The number of quaternary nitrogens is 1. The van der Waals surface area contributed by atoms with Gasteiger partial charge in [-0.25, -0.2) is 0 Å². The zero-order valence-electron chi connectivity index (χ0n) is 15.1. The summed E-state index contributed by atoms with van der Waals surface area (Å²) >= 11 is 0. The van der Waals surface area contributed by atoms with Crippen LogP contribution in [0.3, 0.4) is 0 Å². The third-order valence-electron chi connectivity index (χ3n) is 4.33. The molecule has 0 bridgehead atoms. The lowest BCUT2D eigenvalue weighted by molar-refractivity contribution is -0.890. The Bertz CT molecular complexity index is 302. The monoisotopic (exact) mass is 336 g/mol. The van der Waals surface area contributed by atoms with Crippen molar-refractivity contribution in [3.63, 3.8) is 0 Å². The number of hydrogen-bond acceptors (Lipinski definition) is 1. The van der Waals surface area contributed by atoms with Gasteiger partial charge in [0.2, 0.25) is 0 Å². The van der Waals surface area contributed by atoms with Crippen LogP contribution in [0.5, 0.6) is 0 Å².